The van der Waals surface area contributed by atoms with Gasteiger partial charge in [-0.05, 0) is 36.8 Å². The lowest BCUT2D eigenvalue weighted by molar-refractivity contribution is -0.134. The van der Waals surface area contributed by atoms with E-state index in [4.69, 9.17) is 4.74 Å². The Morgan fingerprint density at radius 1 is 1.20 bits per heavy atom. The van der Waals surface area contributed by atoms with Crippen LogP contribution in [-0.4, -0.2) is 30.5 Å². The predicted octanol–water partition coefficient (Wildman–Crippen LogP) is 3.35. The summed E-state index contributed by atoms with van der Waals surface area (Å²) >= 11 is 0. The molecule has 1 amide bonds. The van der Waals surface area contributed by atoms with Crippen LogP contribution in [0, 0.1) is 11.8 Å². The molecular weight excluding hydrogens is 250 g/mol. The smallest absolute Gasteiger partial charge is 0.222 e. The number of likely N-dealkylation sites (tertiary alicyclic amines) is 1. The minimum absolute atomic E-state index is 0.278. The molecule has 3 nitrogen and oxygen atoms in total. The van der Waals surface area contributed by atoms with Crippen LogP contribution in [-0.2, 0) is 4.79 Å². The van der Waals surface area contributed by atoms with E-state index in [-0.39, 0.29) is 5.91 Å². The van der Waals surface area contributed by atoms with Crippen molar-refractivity contribution in [3.63, 3.8) is 0 Å². The van der Waals surface area contributed by atoms with Gasteiger partial charge in [-0.25, -0.2) is 0 Å². The van der Waals surface area contributed by atoms with Crippen molar-refractivity contribution in [2.24, 2.45) is 11.8 Å². The van der Waals surface area contributed by atoms with Crippen molar-refractivity contribution in [3.05, 3.63) is 30.3 Å². The van der Waals surface area contributed by atoms with Crippen LogP contribution in [0.15, 0.2) is 30.3 Å². The molecule has 0 aliphatic carbocycles. The topological polar surface area (TPSA) is 29.5 Å². The monoisotopic (exact) mass is 275 g/mol. The zero-order valence-corrected chi connectivity index (χ0v) is 12.5. The summed E-state index contributed by atoms with van der Waals surface area (Å²) < 4.78 is 5.62. The molecule has 3 heteroatoms. The number of benzene rings is 1. The summed E-state index contributed by atoms with van der Waals surface area (Å²) in [5, 5.41) is 0. The molecule has 1 aliphatic heterocycles. The molecule has 1 heterocycles. The molecule has 1 aliphatic rings. The highest BCUT2D eigenvalue weighted by atomic mass is 16.5. The van der Waals surface area contributed by atoms with Gasteiger partial charge in [0, 0.05) is 19.5 Å². The number of para-hydroxylation sites is 1. The van der Waals surface area contributed by atoms with E-state index in [9.17, 15) is 4.79 Å². The summed E-state index contributed by atoms with van der Waals surface area (Å²) in [7, 11) is 0. The van der Waals surface area contributed by atoms with E-state index in [1.54, 1.807) is 0 Å². The van der Waals surface area contributed by atoms with Crippen LogP contribution in [0.5, 0.6) is 5.75 Å². The van der Waals surface area contributed by atoms with Gasteiger partial charge >= 0.3 is 0 Å². The van der Waals surface area contributed by atoms with Crippen molar-refractivity contribution in [2.75, 3.05) is 19.7 Å². The Bertz CT molecular complexity index is 408. The normalized spacial score (nSPS) is 22.6. The third-order valence-electron chi connectivity index (χ3n) is 3.77. The lowest BCUT2D eigenvalue weighted by Gasteiger charge is -2.35. The van der Waals surface area contributed by atoms with E-state index in [1.165, 1.54) is 6.42 Å². The second kappa shape index (κ2) is 7.32. The van der Waals surface area contributed by atoms with E-state index >= 15 is 0 Å². The Kier molecular flexibility index (Phi) is 5.45. The third-order valence-corrected chi connectivity index (χ3v) is 3.77. The summed E-state index contributed by atoms with van der Waals surface area (Å²) in [6.45, 7) is 6.91. The van der Waals surface area contributed by atoms with Crippen molar-refractivity contribution in [2.45, 2.75) is 33.1 Å². The molecule has 2 rings (SSSR count). The molecule has 1 aromatic carbocycles. The summed E-state index contributed by atoms with van der Waals surface area (Å²) in [6, 6.07) is 9.76. The van der Waals surface area contributed by atoms with Crippen LogP contribution in [0.4, 0.5) is 0 Å². The van der Waals surface area contributed by atoms with E-state index in [0.717, 1.165) is 25.3 Å². The van der Waals surface area contributed by atoms with Gasteiger partial charge in [0.1, 0.15) is 5.75 Å². The molecule has 0 unspecified atom stereocenters. The minimum atomic E-state index is 0.278. The van der Waals surface area contributed by atoms with Gasteiger partial charge in [0.05, 0.1) is 6.61 Å². The van der Waals surface area contributed by atoms with Gasteiger partial charge in [-0.15, -0.1) is 0 Å². The van der Waals surface area contributed by atoms with E-state index in [1.807, 2.05) is 35.2 Å². The van der Waals surface area contributed by atoms with E-state index in [2.05, 4.69) is 13.8 Å². The van der Waals surface area contributed by atoms with Gasteiger partial charge in [-0.3, -0.25) is 4.79 Å². The first-order valence-electron chi connectivity index (χ1n) is 7.60. The highest BCUT2D eigenvalue weighted by Gasteiger charge is 2.24. The second-order valence-electron chi connectivity index (χ2n) is 6.01. The fourth-order valence-corrected chi connectivity index (χ4v) is 2.95. The Hall–Kier alpha value is -1.51. The number of amides is 1. The largest absolute Gasteiger partial charge is 0.494 e. The number of piperidine rings is 1. The zero-order valence-electron chi connectivity index (χ0n) is 12.5. The number of rotatable bonds is 5. The highest BCUT2D eigenvalue weighted by molar-refractivity contribution is 5.76. The summed E-state index contributed by atoms with van der Waals surface area (Å²) in [6.07, 6.45) is 2.61. The van der Waals surface area contributed by atoms with Crippen LogP contribution < -0.4 is 4.74 Å². The van der Waals surface area contributed by atoms with Crippen molar-refractivity contribution in [1.29, 1.82) is 0 Å². The molecule has 0 bridgehead atoms. The van der Waals surface area contributed by atoms with Crippen molar-refractivity contribution < 1.29 is 9.53 Å². The zero-order chi connectivity index (χ0) is 14.4. The standard InChI is InChI=1S/C17H25NO2/c1-14-11-15(2)13-18(12-14)17(19)9-6-10-20-16-7-4-3-5-8-16/h3-5,7-8,14-15H,6,9-13H2,1-2H3/t14-,15+. The maximum Gasteiger partial charge on any atom is 0.222 e. The summed E-state index contributed by atoms with van der Waals surface area (Å²) in [4.78, 5) is 14.2. The predicted molar refractivity (Wildman–Crippen MR) is 80.7 cm³/mol. The molecule has 0 radical (unpaired) electrons. The van der Waals surface area contributed by atoms with Crippen LogP contribution in [0.2, 0.25) is 0 Å². The van der Waals surface area contributed by atoms with Crippen molar-refractivity contribution in [3.8, 4) is 5.75 Å². The van der Waals surface area contributed by atoms with Gasteiger partial charge in [0.2, 0.25) is 5.91 Å². The molecule has 0 spiro atoms. The Morgan fingerprint density at radius 2 is 1.85 bits per heavy atom. The number of ether oxygens (including phenoxy) is 1. The number of hydrogen-bond donors (Lipinski definition) is 0. The lowest BCUT2D eigenvalue weighted by Crippen LogP contribution is -2.42. The van der Waals surface area contributed by atoms with Gasteiger partial charge in [-0.2, -0.15) is 0 Å². The van der Waals surface area contributed by atoms with Crippen LogP contribution in [0.25, 0.3) is 0 Å². The van der Waals surface area contributed by atoms with Crippen LogP contribution in [0.3, 0.4) is 0 Å². The fourth-order valence-electron chi connectivity index (χ4n) is 2.95. The number of carbonyl (C=O) groups excluding carboxylic acids is 1. The first kappa shape index (κ1) is 14.9. The molecule has 0 aromatic heterocycles. The van der Waals surface area contributed by atoms with Crippen LogP contribution in [0.1, 0.15) is 33.1 Å². The molecule has 0 saturated carbocycles. The minimum Gasteiger partial charge on any atom is -0.494 e. The average Bonchev–Trinajstić information content (AvgIpc) is 2.43. The molecule has 20 heavy (non-hydrogen) atoms. The first-order chi connectivity index (χ1) is 9.65. The third kappa shape index (κ3) is 4.55. The summed E-state index contributed by atoms with van der Waals surface area (Å²) in [5.41, 5.74) is 0. The van der Waals surface area contributed by atoms with E-state index < -0.39 is 0 Å². The molecule has 1 fully saturated rings. The number of nitrogens with zero attached hydrogens (tertiary/aromatic N) is 1. The molecule has 1 aromatic rings. The van der Waals surface area contributed by atoms with Gasteiger partial charge in [-0.1, -0.05) is 32.0 Å². The molecular formula is C17H25NO2. The Labute approximate surface area is 121 Å². The first-order valence-corrected chi connectivity index (χ1v) is 7.60. The van der Waals surface area contributed by atoms with E-state index in [0.29, 0.717) is 24.9 Å². The number of carbonyl (C=O) groups is 1. The Morgan fingerprint density at radius 3 is 2.50 bits per heavy atom. The molecule has 2 atom stereocenters. The molecule has 0 N–H and O–H groups in total. The average molecular weight is 275 g/mol. The molecule has 1 saturated heterocycles. The van der Waals surface area contributed by atoms with Gasteiger partial charge < -0.3 is 9.64 Å². The maximum atomic E-state index is 12.2. The second-order valence-corrected chi connectivity index (χ2v) is 6.01. The quantitative estimate of drug-likeness (QED) is 0.771. The number of hydrogen-bond acceptors (Lipinski definition) is 2. The summed E-state index contributed by atoms with van der Waals surface area (Å²) in [5.74, 6) is 2.41. The van der Waals surface area contributed by atoms with Gasteiger partial charge in [0.25, 0.3) is 0 Å². The maximum absolute atomic E-state index is 12.2. The highest BCUT2D eigenvalue weighted by Crippen LogP contribution is 2.21. The Balaban J connectivity index is 1.67. The van der Waals surface area contributed by atoms with Crippen LogP contribution >= 0.6 is 0 Å². The lowest BCUT2D eigenvalue weighted by atomic mass is 9.91. The van der Waals surface area contributed by atoms with Gasteiger partial charge in [0.15, 0.2) is 0 Å². The van der Waals surface area contributed by atoms with Crippen molar-refractivity contribution >= 4 is 5.91 Å². The SMILES string of the molecule is C[C@@H]1C[C@H](C)CN(C(=O)CCCOc2ccccc2)C1. The fraction of sp³-hybridized carbons (Fsp3) is 0.588. The van der Waals surface area contributed by atoms with Crippen molar-refractivity contribution in [1.82, 2.24) is 4.90 Å². The molecule has 110 valence electrons.